The fraction of sp³-hybridized carbons (Fsp3) is 0.182. The number of halogens is 1. The van der Waals surface area contributed by atoms with Gasteiger partial charge in [-0.15, -0.1) is 6.42 Å². The molecule has 0 aliphatic heterocycles. The molecule has 0 aromatic heterocycles. The Hall–Kier alpha value is -2.02. The van der Waals surface area contributed by atoms with E-state index in [-0.39, 0.29) is 12.1 Å². The van der Waals surface area contributed by atoms with Crippen LogP contribution in [0.2, 0.25) is 0 Å². The largest absolute Gasteiger partial charge is 0.478 e. The number of carboxylic acids is 1. The summed E-state index contributed by atoms with van der Waals surface area (Å²) in [6.07, 6.45) is 5.11. The Kier molecular flexibility index (Phi) is 3.29. The maximum atomic E-state index is 12.8. The van der Waals surface area contributed by atoms with Crippen LogP contribution < -0.4 is 4.90 Å². The van der Waals surface area contributed by atoms with Crippen molar-refractivity contribution in [2.75, 3.05) is 18.5 Å². The summed E-state index contributed by atoms with van der Waals surface area (Å²) in [5.41, 5.74) is 0.314. The van der Waals surface area contributed by atoms with Crippen molar-refractivity contribution < 1.29 is 14.3 Å². The van der Waals surface area contributed by atoms with Crippen molar-refractivity contribution in [3.05, 3.63) is 29.6 Å². The Morgan fingerprint density at radius 1 is 1.67 bits per heavy atom. The second kappa shape index (κ2) is 4.47. The molecule has 1 aromatic carbocycles. The topological polar surface area (TPSA) is 40.5 Å². The van der Waals surface area contributed by atoms with Crippen LogP contribution >= 0.6 is 0 Å². The third-order valence-corrected chi connectivity index (χ3v) is 1.93. The second-order valence-electron chi connectivity index (χ2n) is 3.03. The van der Waals surface area contributed by atoms with Crippen molar-refractivity contribution in [1.29, 1.82) is 0 Å². The molecule has 0 unspecified atom stereocenters. The molecular weight excluding hydrogens is 197 g/mol. The summed E-state index contributed by atoms with van der Waals surface area (Å²) in [6, 6.07) is 3.58. The Morgan fingerprint density at radius 3 is 2.87 bits per heavy atom. The molecule has 1 aromatic rings. The molecule has 0 bridgehead atoms. The highest BCUT2D eigenvalue weighted by atomic mass is 19.1. The summed E-state index contributed by atoms with van der Waals surface area (Å²) in [6.45, 7) is 0.270. The van der Waals surface area contributed by atoms with Gasteiger partial charge in [-0.3, -0.25) is 0 Å². The first-order chi connectivity index (χ1) is 7.06. The highest BCUT2D eigenvalue weighted by Crippen LogP contribution is 2.20. The van der Waals surface area contributed by atoms with Crippen LogP contribution in [0, 0.1) is 18.2 Å². The summed E-state index contributed by atoms with van der Waals surface area (Å²) < 4.78 is 12.8. The molecule has 0 atom stereocenters. The second-order valence-corrected chi connectivity index (χ2v) is 3.03. The molecule has 0 radical (unpaired) electrons. The molecule has 0 spiro atoms. The molecule has 0 aliphatic carbocycles. The molecule has 15 heavy (non-hydrogen) atoms. The monoisotopic (exact) mass is 207 g/mol. The van der Waals surface area contributed by atoms with E-state index in [2.05, 4.69) is 5.92 Å². The van der Waals surface area contributed by atoms with Crippen molar-refractivity contribution in [2.24, 2.45) is 0 Å². The lowest BCUT2D eigenvalue weighted by Gasteiger charge is -2.18. The lowest BCUT2D eigenvalue weighted by molar-refractivity contribution is 0.0697. The molecule has 0 heterocycles. The van der Waals surface area contributed by atoms with E-state index in [1.807, 2.05) is 0 Å². The normalized spacial score (nSPS) is 9.40. The first kappa shape index (κ1) is 11.1. The smallest absolute Gasteiger partial charge is 0.337 e. The standard InChI is InChI=1S/C11H10FNO2/c1-3-6-13(2)10-5-4-8(12)7-9(10)11(14)15/h1,4-5,7H,6H2,2H3,(H,14,15). The van der Waals surface area contributed by atoms with E-state index < -0.39 is 11.8 Å². The summed E-state index contributed by atoms with van der Waals surface area (Å²) in [5, 5.41) is 8.86. The maximum Gasteiger partial charge on any atom is 0.337 e. The van der Waals surface area contributed by atoms with Gasteiger partial charge < -0.3 is 10.0 Å². The lowest BCUT2D eigenvalue weighted by atomic mass is 10.1. The number of rotatable bonds is 3. The van der Waals surface area contributed by atoms with E-state index in [0.29, 0.717) is 5.69 Å². The SMILES string of the molecule is C#CCN(C)c1ccc(F)cc1C(=O)O. The van der Waals surface area contributed by atoms with Crippen LogP contribution in [0.25, 0.3) is 0 Å². The predicted molar refractivity (Wildman–Crippen MR) is 55.5 cm³/mol. The fourth-order valence-corrected chi connectivity index (χ4v) is 1.23. The molecule has 1 rings (SSSR count). The minimum Gasteiger partial charge on any atom is -0.478 e. The molecule has 0 saturated heterocycles. The Bertz CT molecular complexity index is 423. The molecule has 0 aliphatic rings. The van der Waals surface area contributed by atoms with Gasteiger partial charge in [-0.05, 0) is 18.2 Å². The number of hydrogen-bond donors (Lipinski definition) is 1. The van der Waals surface area contributed by atoms with Gasteiger partial charge in [-0.2, -0.15) is 0 Å². The van der Waals surface area contributed by atoms with Crippen molar-refractivity contribution in [2.45, 2.75) is 0 Å². The van der Waals surface area contributed by atoms with Crippen LogP contribution in [0.5, 0.6) is 0 Å². The zero-order valence-corrected chi connectivity index (χ0v) is 8.20. The van der Waals surface area contributed by atoms with Gasteiger partial charge in [-0.25, -0.2) is 9.18 Å². The molecule has 0 fully saturated rings. The fourth-order valence-electron chi connectivity index (χ4n) is 1.23. The number of carboxylic acid groups (broad SMARTS) is 1. The number of terminal acetylenes is 1. The van der Waals surface area contributed by atoms with Crippen molar-refractivity contribution in [3.63, 3.8) is 0 Å². The molecule has 3 nitrogen and oxygen atoms in total. The maximum absolute atomic E-state index is 12.8. The minimum absolute atomic E-state index is 0.0900. The first-order valence-electron chi connectivity index (χ1n) is 4.23. The van der Waals surface area contributed by atoms with Crippen LogP contribution in [0.4, 0.5) is 10.1 Å². The number of nitrogens with zero attached hydrogens (tertiary/aromatic N) is 1. The quantitative estimate of drug-likeness (QED) is 0.765. The average molecular weight is 207 g/mol. The Labute approximate surface area is 87.1 Å². The highest BCUT2D eigenvalue weighted by Gasteiger charge is 2.13. The van der Waals surface area contributed by atoms with Gasteiger partial charge in [0.1, 0.15) is 5.82 Å². The third kappa shape index (κ3) is 2.47. The van der Waals surface area contributed by atoms with E-state index >= 15 is 0 Å². The van der Waals surface area contributed by atoms with E-state index in [0.717, 1.165) is 6.07 Å². The van der Waals surface area contributed by atoms with Gasteiger partial charge in [0.15, 0.2) is 0 Å². The summed E-state index contributed by atoms with van der Waals surface area (Å²) in [5.74, 6) is 0.635. The molecule has 4 heteroatoms. The first-order valence-corrected chi connectivity index (χ1v) is 4.23. The number of hydrogen-bond acceptors (Lipinski definition) is 2. The van der Waals surface area contributed by atoms with Gasteiger partial charge in [-0.1, -0.05) is 5.92 Å². The highest BCUT2D eigenvalue weighted by molar-refractivity contribution is 5.94. The van der Waals surface area contributed by atoms with E-state index in [1.165, 1.54) is 12.1 Å². The molecule has 1 N–H and O–H groups in total. The van der Waals surface area contributed by atoms with E-state index in [1.54, 1.807) is 11.9 Å². The number of anilines is 1. The zero-order chi connectivity index (χ0) is 11.4. The summed E-state index contributed by atoms with van der Waals surface area (Å²) in [7, 11) is 1.65. The Balaban J connectivity index is 3.17. The number of carbonyl (C=O) groups is 1. The van der Waals surface area contributed by atoms with Crippen LogP contribution in [-0.4, -0.2) is 24.7 Å². The van der Waals surface area contributed by atoms with Gasteiger partial charge in [0.05, 0.1) is 17.8 Å². The Morgan fingerprint density at radius 2 is 2.33 bits per heavy atom. The van der Waals surface area contributed by atoms with E-state index in [4.69, 9.17) is 11.5 Å². The molecule has 0 amide bonds. The van der Waals surface area contributed by atoms with Gasteiger partial charge >= 0.3 is 5.97 Å². The van der Waals surface area contributed by atoms with Gasteiger partial charge in [0.2, 0.25) is 0 Å². The van der Waals surface area contributed by atoms with Crippen LogP contribution in [0.1, 0.15) is 10.4 Å². The lowest BCUT2D eigenvalue weighted by Crippen LogP contribution is -2.20. The minimum atomic E-state index is -1.17. The van der Waals surface area contributed by atoms with Gasteiger partial charge in [0, 0.05) is 7.05 Å². The van der Waals surface area contributed by atoms with Gasteiger partial charge in [0.25, 0.3) is 0 Å². The van der Waals surface area contributed by atoms with Crippen LogP contribution in [-0.2, 0) is 0 Å². The molecule has 78 valence electrons. The summed E-state index contributed by atoms with van der Waals surface area (Å²) >= 11 is 0. The zero-order valence-electron chi connectivity index (χ0n) is 8.20. The van der Waals surface area contributed by atoms with Crippen LogP contribution in [0.3, 0.4) is 0 Å². The number of aromatic carboxylic acids is 1. The average Bonchev–Trinajstić information content (AvgIpc) is 2.17. The molecular formula is C11H10FNO2. The summed E-state index contributed by atoms with van der Waals surface area (Å²) in [4.78, 5) is 12.4. The van der Waals surface area contributed by atoms with Crippen molar-refractivity contribution >= 4 is 11.7 Å². The van der Waals surface area contributed by atoms with Crippen LogP contribution in [0.15, 0.2) is 18.2 Å². The van der Waals surface area contributed by atoms with Crippen molar-refractivity contribution in [1.82, 2.24) is 0 Å². The van der Waals surface area contributed by atoms with Crippen molar-refractivity contribution in [3.8, 4) is 12.3 Å². The number of benzene rings is 1. The molecule has 0 saturated carbocycles. The third-order valence-electron chi connectivity index (χ3n) is 1.93. The van der Waals surface area contributed by atoms with E-state index in [9.17, 15) is 9.18 Å². The predicted octanol–water partition coefficient (Wildman–Crippen LogP) is 1.59.